The van der Waals surface area contributed by atoms with Crippen LogP contribution in [-0.4, -0.2) is 38.9 Å². The van der Waals surface area contributed by atoms with E-state index in [1.807, 2.05) is 18.2 Å². The molecule has 0 radical (unpaired) electrons. The van der Waals surface area contributed by atoms with E-state index < -0.39 is 17.8 Å². The van der Waals surface area contributed by atoms with Gasteiger partial charge in [0.15, 0.2) is 5.82 Å². The summed E-state index contributed by atoms with van der Waals surface area (Å²) < 4.78 is 39.3. The van der Waals surface area contributed by atoms with Gasteiger partial charge in [0.25, 0.3) is 0 Å². The van der Waals surface area contributed by atoms with Gasteiger partial charge in [-0.15, -0.1) is 0 Å². The van der Waals surface area contributed by atoms with Crippen molar-refractivity contribution in [3.8, 4) is 11.4 Å². The molecule has 0 saturated heterocycles. The van der Waals surface area contributed by atoms with Crippen LogP contribution in [-0.2, 0) is 19.1 Å². The summed E-state index contributed by atoms with van der Waals surface area (Å²) in [6.07, 6.45) is -2.70. The van der Waals surface area contributed by atoms with Crippen LogP contribution < -0.4 is 5.32 Å². The van der Waals surface area contributed by atoms with Gasteiger partial charge in [-0.2, -0.15) is 13.2 Å². The number of benzene rings is 2. The third-order valence-corrected chi connectivity index (χ3v) is 6.57. The summed E-state index contributed by atoms with van der Waals surface area (Å²) in [5.74, 6) is -0.265. The Hall–Kier alpha value is -2.52. The number of nitrogens with zero attached hydrogens (tertiary/aromatic N) is 2. The monoisotopic (exact) mass is 491 g/mol. The van der Waals surface area contributed by atoms with Gasteiger partial charge >= 0.3 is 6.18 Å². The van der Waals surface area contributed by atoms with Gasteiger partial charge in [0.05, 0.1) is 11.7 Å². The molecule has 4 rings (SSSR count). The number of alkyl halides is 3. The molecule has 3 N–H and O–H groups in total. The highest BCUT2D eigenvalue weighted by Crippen LogP contribution is 2.35. The Morgan fingerprint density at radius 3 is 2.59 bits per heavy atom. The summed E-state index contributed by atoms with van der Waals surface area (Å²) in [5.41, 5.74) is 1.15. The van der Waals surface area contributed by atoms with E-state index in [0.717, 1.165) is 17.7 Å². The summed E-state index contributed by atoms with van der Waals surface area (Å²) in [5, 5.41) is 24.5. The van der Waals surface area contributed by atoms with Gasteiger partial charge in [-0.05, 0) is 54.7 Å². The molecule has 1 aliphatic rings. The molecule has 4 atom stereocenters. The number of nitrogens with one attached hydrogen (secondary N) is 1. The number of aromatic nitrogens is 2. The van der Waals surface area contributed by atoms with Crippen LogP contribution in [0.25, 0.3) is 11.4 Å². The van der Waals surface area contributed by atoms with Gasteiger partial charge in [-0.1, -0.05) is 35.9 Å². The normalized spacial score (nSPS) is 22.8. The molecule has 1 aromatic heterocycles. The molecule has 3 aromatic rings. The van der Waals surface area contributed by atoms with Crippen LogP contribution in [0.1, 0.15) is 23.2 Å². The van der Waals surface area contributed by atoms with Crippen molar-refractivity contribution in [2.75, 3.05) is 6.61 Å². The predicted molar refractivity (Wildman–Crippen MR) is 123 cm³/mol. The molecular formula is C25H25ClF3N3O2. The predicted octanol–water partition coefficient (Wildman–Crippen LogP) is 4.51. The van der Waals surface area contributed by atoms with E-state index in [1.165, 1.54) is 12.3 Å². The van der Waals surface area contributed by atoms with Crippen LogP contribution in [0.15, 0.2) is 60.8 Å². The van der Waals surface area contributed by atoms with Crippen molar-refractivity contribution in [3.05, 3.63) is 82.6 Å². The lowest BCUT2D eigenvalue weighted by molar-refractivity contribution is -0.137. The minimum absolute atomic E-state index is 0.0851. The van der Waals surface area contributed by atoms with Gasteiger partial charge in [0.1, 0.15) is 0 Å². The Morgan fingerprint density at radius 1 is 1.06 bits per heavy atom. The Kier molecular flexibility index (Phi) is 7.52. The number of hydrogen-bond donors (Lipinski definition) is 3. The second kappa shape index (κ2) is 10.4. The second-order valence-corrected chi connectivity index (χ2v) is 9.02. The highest BCUT2D eigenvalue weighted by atomic mass is 35.5. The van der Waals surface area contributed by atoms with E-state index in [2.05, 4.69) is 15.3 Å². The third kappa shape index (κ3) is 5.75. The van der Waals surface area contributed by atoms with Crippen LogP contribution in [0.4, 0.5) is 13.2 Å². The van der Waals surface area contributed by atoms with Crippen molar-refractivity contribution in [1.82, 2.24) is 15.3 Å². The lowest BCUT2D eigenvalue weighted by Gasteiger charge is -2.25. The zero-order chi connectivity index (χ0) is 24.3. The summed E-state index contributed by atoms with van der Waals surface area (Å²) in [6, 6.07) is 14.0. The zero-order valence-corrected chi connectivity index (χ0v) is 19.0. The van der Waals surface area contributed by atoms with Gasteiger partial charge in [-0.3, -0.25) is 0 Å². The molecule has 1 heterocycles. The summed E-state index contributed by atoms with van der Waals surface area (Å²) in [7, 11) is 0. The molecule has 180 valence electrons. The Balaban J connectivity index is 1.53. The first kappa shape index (κ1) is 24.6. The highest BCUT2D eigenvalue weighted by Gasteiger charge is 2.42. The lowest BCUT2D eigenvalue weighted by Crippen LogP contribution is -2.36. The first-order chi connectivity index (χ1) is 16.2. The highest BCUT2D eigenvalue weighted by molar-refractivity contribution is 6.30. The van der Waals surface area contributed by atoms with Crippen molar-refractivity contribution in [2.24, 2.45) is 11.8 Å². The molecular weight excluding hydrogens is 467 g/mol. The molecule has 1 aliphatic carbocycles. The first-order valence-corrected chi connectivity index (χ1v) is 11.4. The molecule has 9 heteroatoms. The lowest BCUT2D eigenvalue weighted by atomic mass is 9.88. The van der Waals surface area contributed by atoms with Gasteiger partial charge in [0.2, 0.25) is 0 Å². The van der Waals surface area contributed by atoms with Gasteiger partial charge in [0, 0.05) is 47.6 Å². The number of hydrogen-bond acceptors (Lipinski definition) is 5. The fourth-order valence-electron chi connectivity index (χ4n) is 4.60. The number of rotatable bonds is 7. The Morgan fingerprint density at radius 2 is 1.85 bits per heavy atom. The number of aliphatic hydroxyl groups is 2. The Labute approximate surface area is 200 Å². The molecule has 34 heavy (non-hydrogen) atoms. The fourth-order valence-corrected chi connectivity index (χ4v) is 4.81. The summed E-state index contributed by atoms with van der Waals surface area (Å²) >= 11 is 6.07. The van der Waals surface area contributed by atoms with E-state index in [9.17, 15) is 23.4 Å². The van der Waals surface area contributed by atoms with Crippen molar-refractivity contribution < 1.29 is 23.4 Å². The minimum Gasteiger partial charge on any atom is -0.396 e. The molecule has 1 fully saturated rings. The number of aliphatic hydroxyl groups excluding tert-OH is 2. The molecule has 0 bridgehead atoms. The minimum atomic E-state index is -4.45. The standard InChI is InChI=1S/C25H25ClF3N3O2/c26-18-6-1-3-15(9-18)13-31-22-12-23(34)21(14-33)20(22)11-19-7-8-30-24(32-19)16-4-2-5-17(10-16)25(27,28)29/h1-10,20-23,31,33-34H,11-14H2/t20-,21-,22-,23-/m1/s1. The smallest absolute Gasteiger partial charge is 0.396 e. The molecule has 1 saturated carbocycles. The molecule has 0 amide bonds. The molecule has 5 nitrogen and oxygen atoms in total. The van der Waals surface area contributed by atoms with Crippen molar-refractivity contribution in [1.29, 1.82) is 0 Å². The quantitative estimate of drug-likeness (QED) is 0.453. The fraction of sp³-hybridized carbons (Fsp3) is 0.360. The maximum Gasteiger partial charge on any atom is 0.416 e. The Bertz CT molecular complexity index is 1130. The molecule has 0 unspecified atom stereocenters. The van der Waals surface area contributed by atoms with Crippen LogP contribution in [0.3, 0.4) is 0 Å². The zero-order valence-electron chi connectivity index (χ0n) is 18.2. The maximum absolute atomic E-state index is 13.1. The SMILES string of the molecule is OC[C@@H]1[C@@H](Cc2ccnc(-c3cccc(C(F)(F)F)c3)n2)[C@H](NCc2cccc(Cl)c2)C[C@H]1O. The van der Waals surface area contributed by atoms with E-state index in [1.54, 1.807) is 18.2 Å². The van der Waals surface area contributed by atoms with Crippen molar-refractivity contribution in [2.45, 2.75) is 37.7 Å². The van der Waals surface area contributed by atoms with E-state index in [0.29, 0.717) is 30.1 Å². The summed E-state index contributed by atoms with van der Waals surface area (Å²) in [4.78, 5) is 8.66. The average molecular weight is 492 g/mol. The molecule has 0 aliphatic heterocycles. The average Bonchev–Trinajstić information content (AvgIpc) is 3.11. The molecule has 0 spiro atoms. The summed E-state index contributed by atoms with van der Waals surface area (Å²) in [6.45, 7) is 0.374. The van der Waals surface area contributed by atoms with Gasteiger partial charge in [-0.25, -0.2) is 9.97 Å². The van der Waals surface area contributed by atoms with Crippen molar-refractivity contribution in [3.63, 3.8) is 0 Å². The largest absolute Gasteiger partial charge is 0.416 e. The van der Waals surface area contributed by atoms with E-state index >= 15 is 0 Å². The van der Waals surface area contributed by atoms with Crippen LogP contribution in [0.5, 0.6) is 0 Å². The third-order valence-electron chi connectivity index (χ3n) is 6.33. The van der Waals surface area contributed by atoms with Crippen LogP contribution >= 0.6 is 11.6 Å². The van der Waals surface area contributed by atoms with Crippen LogP contribution in [0.2, 0.25) is 5.02 Å². The van der Waals surface area contributed by atoms with E-state index in [-0.39, 0.29) is 35.9 Å². The first-order valence-electron chi connectivity index (χ1n) is 11.0. The van der Waals surface area contributed by atoms with Gasteiger partial charge < -0.3 is 15.5 Å². The van der Waals surface area contributed by atoms with E-state index in [4.69, 9.17) is 11.6 Å². The topological polar surface area (TPSA) is 78.3 Å². The maximum atomic E-state index is 13.1. The van der Waals surface area contributed by atoms with Crippen LogP contribution in [0, 0.1) is 11.8 Å². The second-order valence-electron chi connectivity index (χ2n) is 8.58. The van der Waals surface area contributed by atoms with Crippen molar-refractivity contribution >= 4 is 11.6 Å². The molecule has 2 aromatic carbocycles. The number of halogens is 4.